The molecule has 0 radical (unpaired) electrons. The molecular weight excluding hydrogens is 238 g/mol. The fraction of sp³-hybridized carbons (Fsp3) is 0.833. The van der Waals surface area contributed by atoms with E-state index in [1.165, 1.54) is 4.90 Å². The van der Waals surface area contributed by atoms with Gasteiger partial charge in [0.15, 0.2) is 0 Å². The maximum Gasteiger partial charge on any atom is 0.258 e. The SMILES string of the molecule is O=C1C2CCC(O2)C(=O)N1CC1(O)CCOCC1. The lowest BCUT2D eigenvalue weighted by atomic mass is 9.93. The smallest absolute Gasteiger partial charge is 0.258 e. The summed E-state index contributed by atoms with van der Waals surface area (Å²) in [6, 6.07) is 0. The van der Waals surface area contributed by atoms with Crippen LogP contribution in [-0.2, 0) is 19.1 Å². The third kappa shape index (κ3) is 1.94. The molecule has 2 atom stereocenters. The van der Waals surface area contributed by atoms with Crippen LogP contribution in [0.2, 0.25) is 0 Å². The Balaban J connectivity index is 1.75. The molecule has 3 fully saturated rings. The van der Waals surface area contributed by atoms with E-state index in [0.29, 0.717) is 38.9 Å². The number of rotatable bonds is 2. The Morgan fingerprint density at radius 1 is 1.17 bits per heavy atom. The van der Waals surface area contributed by atoms with Crippen LogP contribution < -0.4 is 0 Å². The number of aliphatic hydroxyl groups is 1. The molecule has 3 aliphatic heterocycles. The number of nitrogens with zero attached hydrogens (tertiary/aromatic N) is 1. The van der Waals surface area contributed by atoms with Gasteiger partial charge >= 0.3 is 0 Å². The number of hydrogen-bond donors (Lipinski definition) is 1. The van der Waals surface area contributed by atoms with Gasteiger partial charge in [0, 0.05) is 26.1 Å². The zero-order chi connectivity index (χ0) is 12.8. The zero-order valence-electron chi connectivity index (χ0n) is 10.1. The van der Waals surface area contributed by atoms with Crippen molar-refractivity contribution in [1.82, 2.24) is 4.90 Å². The average molecular weight is 255 g/mol. The number of carbonyl (C=O) groups is 2. The summed E-state index contributed by atoms with van der Waals surface area (Å²) in [5.74, 6) is -0.595. The van der Waals surface area contributed by atoms with Gasteiger partial charge in [0.25, 0.3) is 11.8 Å². The predicted molar refractivity (Wildman–Crippen MR) is 59.6 cm³/mol. The fourth-order valence-corrected chi connectivity index (χ4v) is 2.82. The van der Waals surface area contributed by atoms with Crippen molar-refractivity contribution >= 4 is 11.8 Å². The lowest BCUT2D eigenvalue weighted by Gasteiger charge is -2.38. The molecule has 2 unspecified atom stereocenters. The van der Waals surface area contributed by atoms with E-state index in [1.807, 2.05) is 0 Å². The number of carbonyl (C=O) groups excluding carboxylic acids is 2. The van der Waals surface area contributed by atoms with E-state index < -0.39 is 17.8 Å². The summed E-state index contributed by atoms with van der Waals surface area (Å²) in [7, 11) is 0. The molecule has 100 valence electrons. The summed E-state index contributed by atoms with van der Waals surface area (Å²) in [6.07, 6.45) is 1.15. The summed E-state index contributed by atoms with van der Waals surface area (Å²) >= 11 is 0. The second-order valence-corrected chi connectivity index (χ2v) is 5.29. The van der Waals surface area contributed by atoms with Gasteiger partial charge in [-0.05, 0) is 12.8 Å². The summed E-state index contributed by atoms with van der Waals surface area (Å²) in [5.41, 5.74) is -1.000. The standard InChI is InChI=1S/C12H17NO5/c14-10-8-1-2-9(18-8)11(15)13(10)7-12(16)3-5-17-6-4-12/h8-9,16H,1-7H2. The van der Waals surface area contributed by atoms with Gasteiger partial charge in [-0.2, -0.15) is 0 Å². The van der Waals surface area contributed by atoms with E-state index >= 15 is 0 Å². The summed E-state index contributed by atoms with van der Waals surface area (Å²) in [4.78, 5) is 25.3. The monoisotopic (exact) mass is 255 g/mol. The first kappa shape index (κ1) is 12.1. The van der Waals surface area contributed by atoms with Crippen molar-refractivity contribution in [1.29, 1.82) is 0 Å². The van der Waals surface area contributed by atoms with E-state index in [-0.39, 0.29) is 18.4 Å². The Labute approximate surface area is 105 Å². The Hall–Kier alpha value is -0.980. The van der Waals surface area contributed by atoms with Gasteiger partial charge in [-0.1, -0.05) is 0 Å². The topological polar surface area (TPSA) is 76.1 Å². The van der Waals surface area contributed by atoms with Crippen molar-refractivity contribution < 1.29 is 24.2 Å². The van der Waals surface area contributed by atoms with Crippen LogP contribution in [0, 0.1) is 0 Å². The molecule has 3 aliphatic rings. The maximum atomic E-state index is 12.0. The molecule has 0 aromatic carbocycles. The number of ether oxygens (including phenoxy) is 2. The zero-order valence-corrected chi connectivity index (χ0v) is 10.1. The van der Waals surface area contributed by atoms with Gasteiger partial charge in [-0.25, -0.2) is 0 Å². The van der Waals surface area contributed by atoms with Crippen LogP contribution in [-0.4, -0.2) is 59.4 Å². The first-order valence-electron chi connectivity index (χ1n) is 6.40. The molecule has 6 nitrogen and oxygen atoms in total. The molecule has 0 aliphatic carbocycles. The number of fused-ring (bicyclic) bond motifs is 2. The van der Waals surface area contributed by atoms with Crippen LogP contribution in [0.4, 0.5) is 0 Å². The number of β-amino-alcohol motifs (C(OH)–C–C–N with tert-alkyl or cyclic N) is 1. The fourth-order valence-electron chi connectivity index (χ4n) is 2.82. The molecule has 0 saturated carbocycles. The first-order chi connectivity index (χ1) is 8.59. The van der Waals surface area contributed by atoms with Gasteiger partial charge in [0.1, 0.15) is 12.2 Å². The van der Waals surface area contributed by atoms with E-state index in [4.69, 9.17) is 9.47 Å². The van der Waals surface area contributed by atoms with Crippen molar-refractivity contribution in [2.24, 2.45) is 0 Å². The Morgan fingerprint density at radius 2 is 1.72 bits per heavy atom. The van der Waals surface area contributed by atoms with Crippen LogP contribution in [0.1, 0.15) is 25.7 Å². The van der Waals surface area contributed by atoms with E-state index in [1.54, 1.807) is 0 Å². The third-order valence-corrected chi connectivity index (χ3v) is 3.98. The average Bonchev–Trinajstić information content (AvgIpc) is 2.80. The van der Waals surface area contributed by atoms with Crippen molar-refractivity contribution in [2.45, 2.75) is 43.5 Å². The molecule has 2 bridgehead atoms. The van der Waals surface area contributed by atoms with Gasteiger partial charge < -0.3 is 14.6 Å². The minimum absolute atomic E-state index is 0.0738. The number of likely N-dealkylation sites (tertiary alicyclic amines) is 1. The largest absolute Gasteiger partial charge is 0.388 e. The highest BCUT2D eigenvalue weighted by Crippen LogP contribution is 2.31. The number of hydrogen-bond acceptors (Lipinski definition) is 5. The van der Waals surface area contributed by atoms with Crippen LogP contribution >= 0.6 is 0 Å². The quantitative estimate of drug-likeness (QED) is 0.670. The highest BCUT2D eigenvalue weighted by Gasteiger charge is 2.48. The lowest BCUT2D eigenvalue weighted by Crippen LogP contribution is -2.57. The summed E-state index contributed by atoms with van der Waals surface area (Å²) < 4.78 is 10.5. The van der Waals surface area contributed by atoms with Crippen LogP contribution in [0.5, 0.6) is 0 Å². The van der Waals surface area contributed by atoms with Crippen molar-refractivity contribution in [3.8, 4) is 0 Å². The van der Waals surface area contributed by atoms with Crippen LogP contribution in [0.15, 0.2) is 0 Å². The third-order valence-electron chi connectivity index (χ3n) is 3.98. The first-order valence-corrected chi connectivity index (χ1v) is 6.40. The minimum Gasteiger partial charge on any atom is -0.388 e. The summed E-state index contributed by atoms with van der Waals surface area (Å²) in [5, 5.41) is 10.4. The van der Waals surface area contributed by atoms with Crippen molar-refractivity contribution in [2.75, 3.05) is 19.8 Å². The van der Waals surface area contributed by atoms with Crippen LogP contribution in [0.3, 0.4) is 0 Å². The number of morpholine rings is 1. The van der Waals surface area contributed by atoms with Gasteiger partial charge in [0.05, 0.1) is 12.1 Å². The molecule has 1 N–H and O–H groups in total. The molecule has 3 heterocycles. The highest BCUT2D eigenvalue weighted by molar-refractivity contribution is 6.02. The van der Waals surface area contributed by atoms with E-state index in [9.17, 15) is 14.7 Å². The van der Waals surface area contributed by atoms with Crippen molar-refractivity contribution in [3.05, 3.63) is 0 Å². The lowest BCUT2D eigenvalue weighted by molar-refractivity contribution is -0.175. The predicted octanol–water partition coefficient (Wildman–Crippen LogP) is -0.556. The van der Waals surface area contributed by atoms with Crippen LogP contribution in [0.25, 0.3) is 0 Å². The normalized spacial score (nSPS) is 35.1. The number of imide groups is 1. The van der Waals surface area contributed by atoms with Gasteiger partial charge in [-0.3, -0.25) is 14.5 Å². The Morgan fingerprint density at radius 3 is 2.28 bits per heavy atom. The summed E-state index contributed by atoms with van der Waals surface area (Å²) in [6.45, 7) is 1.01. The molecule has 0 spiro atoms. The minimum atomic E-state index is -1.000. The molecule has 2 amide bonds. The highest BCUT2D eigenvalue weighted by atomic mass is 16.5. The second kappa shape index (κ2) is 4.29. The Bertz CT molecular complexity index is 355. The van der Waals surface area contributed by atoms with Gasteiger partial charge in [-0.15, -0.1) is 0 Å². The molecule has 6 heteroatoms. The number of amides is 2. The second-order valence-electron chi connectivity index (χ2n) is 5.29. The molecule has 0 aromatic heterocycles. The molecule has 0 aromatic rings. The maximum absolute atomic E-state index is 12.0. The van der Waals surface area contributed by atoms with E-state index in [2.05, 4.69) is 0 Å². The molecule has 3 rings (SSSR count). The molecular formula is C12H17NO5. The Kier molecular flexibility index (Phi) is 2.88. The molecule has 18 heavy (non-hydrogen) atoms. The van der Waals surface area contributed by atoms with E-state index in [0.717, 1.165) is 0 Å². The van der Waals surface area contributed by atoms with Gasteiger partial charge in [0.2, 0.25) is 0 Å². The van der Waals surface area contributed by atoms with Crippen molar-refractivity contribution in [3.63, 3.8) is 0 Å². The molecule has 3 saturated heterocycles.